The van der Waals surface area contributed by atoms with E-state index < -0.39 is 0 Å². The maximum Gasteiger partial charge on any atom is 0.228 e. The highest BCUT2D eigenvalue weighted by atomic mass is 19.1. The first kappa shape index (κ1) is 26.4. The van der Waals surface area contributed by atoms with Crippen LogP contribution in [0.1, 0.15) is 18.4 Å². The standard InChI is InChI=1S/C28H31FN8O2/c1-39-15-14-37(22-10-12-30-13-11-22)26-17-19(18-27(38)31-21-8-6-20(29)7-9-21)16-25(32-26)23-4-2-3-5-24(23)28-33-35-36-34-28/h2-9,16-17,22,30H,10-15,18H2,1H3,(H,31,38)(H,33,34,35,36). The number of halogens is 1. The molecule has 2 aromatic carbocycles. The molecule has 11 heteroatoms. The topological polar surface area (TPSA) is 121 Å². The van der Waals surface area contributed by atoms with E-state index in [4.69, 9.17) is 9.72 Å². The number of pyridine rings is 1. The zero-order valence-corrected chi connectivity index (χ0v) is 21.7. The van der Waals surface area contributed by atoms with Gasteiger partial charge in [0.25, 0.3) is 0 Å². The zero-order valence-electron chi connectivity index (χ0n) is 21.7. The Morgan fingerprint density at radius 1 is 1.10 bits per heavy atom. The first-order valence-corrected chi connectivity index (χ1v) is 13.0. The molecule has 0 aliphatic carbocycles. The predicted octanol–water partition coefficient (Wildman–Crippen LogP) is 3.45. The lowest BCUT2D eigenvalue weighted by atomic mass is 10.00. The minimum Gasteiger partial charge on any atom is -0.383 e. The van der Waals surface area contributed by atoms with Crippen molar-refractivity contribution in [2.24, 2.45) is 0 Å². The molecule has 0 saturated carbocycles. The summed E-state index contributed by atoms with van der Waals surface area (Å²) in [7, 11) is 1.69. The third-order valence-corrected chi connectivity index (χ3v) is 6.73. The molecule has 0 bridgehead atoms. The Bertz CT molecular complexity index is 1370. The van der Waals surface area contributed by atoms with Gasteiger partial charge in [0, 0.05) is 36.5 Å². The Labute approximate surface area is 226 Å². The Kier molecular flexibility index (Phi) is 8.49. The largest absolute Gasteiger partial charge is 0.383 e. The molecular formula is C28H31FN8O2. The van der Waals surface area contributed by atoms with Gasteiger partial charge in [-0.05, 0) is 73.1 Å². The summed E-state index contributed by atoms with van der Waals surface area (Å²) in [5.41, 5.74) is 3.65. The minimum absolute atomic E-state index is 0.120. The summed E-state index contributed by atoms with van der Waals surface area (Å²) in [6, 6.07) is 17.6. The van der Waals surface area contributed by atoms with Crippen LogP contribution in [0, 0.1) is 5.82 Å². The fraction of sp³-hybridized carbons (Fsp3) is 0.321. The number of carbonyl (C=O) groups excluding carboxylic acids is 1. The molecule has 3 heterocycles. The van der Waals surface area contributed by atoms with Crippen LogP contribution in [0.3, 0.4) is 0 Å². The fourth-order valence-electron chi connectivity index (χ4n) is 4.85. The average Bonchev–Trinajstić information content (AvgIpc) is 3.50. The molecule has 1 amide bonds. The van der Waals surface area contributed by atoms with Crippen molar-refractivity contribution in [3.8, 4) is 22.6 Å². The summed E-state index contributed by atoms with van der Waals surface area (Å²) in [5, 5.41) is 20.8. The third-order valence-electron chi connectivity index (χ3n) is 6.73. The van der Waals surface area contributed by atoms with Crippen molar-refractivity contribution < 1.29 is 13.9 Å². The van der Waals surface area contributed by atoms with Crippen LogP contribution in [0.25, 0.3) is 22.6 Å². The predicted molar refractivity (Wildman–Crippen MR) is 147 cm³/mol. The van der Waals surface area contributed by atoms with Crippen LogP contribution < -0.4 is 15.5 Å². The number of hydrogen-bond acceptors (Lipinski definition) is 8. The molecule has 0 spiro atoms. The number of tetrazole rings is 1. The molecule has 2 aromatic heterocycles. The van der Waals surface area contributed by atoms with Gasteiger partial charge >= 0.3 is 0 Å². The van der Waals surface area contributed by atoms with Crippen LogP contribution >= 0.6 is 0 Å². The van der Waals surface area contributed by atoms with Gasteiger partial charge in [0.05, 0.1) is 18.7 Å². The maximum absolute atomic E-state index is 13.3. The molecule has 39 heavy (non-hydrogen) atoms. The number of rotatable bonds is 10. The number of carbonyl (C=O) groups is 1. The van der Waals surface area contributed by atoms with Crippen LogP contribution in [-0.2, 0) is 16.0 Å². The summed E-state index contributed by atoms with van der Waals surface area (Å²) in [6.07, 6.45) is 2.08. The number of aromatic amines is 1. The summed E-state index contributed by atoms with van der Waals surface area (Å²) in [4.78, 5) is 20.4. The van der Waals surface area contributed by atoms with E-state index in [9.17, 15) is 9.18 Å². The number of aromatic nitrogens is 5. The van der Waals surface area contributed by atoms with Crippen molar-refractivity contribution in [1.29, 1.82) is 0 Å². The van der Waals surface area contributed by atoms with E-state index in [1.165, 1.54) is 12.1 Å². The smallest absolute Gasteiger partial charge is 0.228 e. The van der Waals surface area contributed by atoms with Gasteiger partial charge in [0.1, 0.15) is 11.6 Å². The Morgan fingerprint density at radius 3 is 2.59 bits per heavy atom. The summed E-state index contributed by atoms with van der Waals surface area (Å²) < 4.78 is 18.8. The zero-order chi connectivity index (χ0) is 27.0. The molecule has 4 aromatic rings. The number of nitrogens with one attached hydrogen (secondary N) is 3. The van der Waals surface area contributed by atoms with Gasteiger partial charge in [0.15, 0.2) is 0 Å². The highest BCUT2D eigenvalue weighted by Crippen LogP contribution is 2.32. The lowest BCUT2D eigenvalue weighted by Crippen LogP contribution is -2.45. The number of H-pyrrole nitrogens is 1. The number of anilines is 2. The van der Waals surface area contributed by atoms with Gasteiger partial charge in [-0.1, -0.05) is 24.3 Å². The second-order valence-electron chi connectivity index (χ2n) is 9.40. The molecule has 3 N–H and O–H groups in total. The molecule has 1 aliphatic heterocycles. The van der Waals surface area contributed by atoms with Crippen LogP contribution in [-0.4, -0.2) is 70.9 Å². The van der Waals surface area contributed by atoms with Gasteiger partial charge in [-0.2, -0.15) is 5.21 Å². The van der Waals surface area contributed by atoms with Crippen molar-refractivity contribution >= 4 is 17.4 Å². The first-order chi connectivity index (χ1) is 19.1. The van der Waals surface area contributed by atoms with E-state index in [0.29, 0.717) is 30.4 Å². The summed E-state index contributed by atoms with van der Waals surface area (Å²) in [6.45, 7) is 3.09. The SMILES string of the molecule is COCCN(c1cc(CC(=O)Nc2ccc(F)cc2)cc(-c2ccccc2-c2nn[nH]n2)n1)C1CCNCC1. The average molecular weight is 531 g/mol. The highest BCUT2D eigenvalue weighted by Gasteiger charge is 2.24. The van der Waals surface area contributed by atoms with Crippen molar-refractivity contribution in [1.82, 2.24) is 30.9 Å². The lowest BCUT2D eigenvalue weighted by Gasteiger charge is -2.36. The number of nitrogens with zero attached hydrogens (tertiary/aromatic N) is 5. The second-order valence-corrected chi connectivity index (χ2v) is 9.40. The van der Waals surface area contributed by atoms with Gasteiger partial charge in [-0.3, -0.25) is 4.79 Å². The molecule has 1 saturated heterocycles. The molecule has 10 nitrogen and oxygen atoms in total. The number of amides is 1. The van der Waals surface area contributed by atoms with Crippen LogP contribution in [0.5, 0.6) is 0 Å². The first-order valence-electron chi connectivity index (χ1n) is 13.0. The van der Waals surface area contributed by atoms with Crippen molar-refractivity contribution in [3.05, 3.63) is 72.0 Å². The van der Waals surface area contributed by atoms with E-state index in [2.05, 4.69) is 36.2 Å². The highest BCUT2D eigenvalue weighted by molar-refractivity contribution is 5.92. The Morgan fingerprint density at radius 2 is 1.87 bits per heavy atom. The van der Waals surface area contributed by atoms with Gasteiger partial charge in [-0.25, -0.2) is 9.37 Å². The minimum atomic E-state index is -0.356. The molecule has 0 unspecified atom stereocenters. The Balaban J connectivity index is 1.53. The van der Waals surface area contributed by atoms with E-state index in [1.807, 2.05) is 36.4 Å². The van der Waals surface area contributed by atoms with Gasteiger partial charge in [-0.15, -0.1) is 10.2 Å². The number of hydrogen-bond donors (Lipinski definition) is 3. The van der Waals surface area contributed by atoms with Crippen molar-refractivity contribution in [2.45, 2.75) is 25.3 Å². The van der Waals surface area contributed by atoms with Crippen molar-refractivity contribution in [3.63, 3.8) is 0 Å². The molecule has 1 fully saturated rings. The monoisotopic (exact) mass is 530 g/mol. The van der Waals surface area contributed by atoms with Crippen LogP contribution in [0.2, 0.25) is 0 Å². The third kappa shape index (κ3) is 6.62. The lowest BCUT2D eigenvalue weighted by molar-refractivity contribution is -0.115. The quantitative estimate of drug-likeness (QED) is 0.285. The van der Waals surface area contributed by atoms with Crippen LogP contribution in [0.4, 0.5) is 15.9 Å². The van der Waals surface area contributed by atoms with E-state index >= 15 is 0 Å². The molecule has 202 valence electrons. The fourth-order valence-corrected chi connectivity index (χ4v) is 4.85. The molecule has 1 aliphatic rings. The van der Waals surface area contributed by atoms with Crippen LogP contribution in [0.15, 0.2) is 60.7 Å². The summed E-state index contributed by atoms with van der Waals surface area (Å²) in [5.74, 6) is 0.680. The number of methoxy groups -OCH3 is 1. The van der Waals surface area contributed by atoms with E-state index in [-0.39, 0.29) is 24.2 Å². The number of benzene rings is 2. The van der Waals surface area contributed by atoms with E-state index in [1.54, 1.807) is 19.2 Å². The summed E-state index contributed by atoms with van der Waals surface area (Å²) >= 11 is 0. The number of piperidine rings is 1. The van der Waals surface area contributed by atoms with E-state index in [0.717, 1.165) is 48.4 Å². The van der Waals surface area contributed by atoms with Crippen molar-refractivity contribution in [2.75, 3.05) is 43.6 Å². The number of ether oxygens (including phenoxy) is 1. The molecule has 0 radical (unpaired) electrons. The normalized spacial score (nSPS) is 13.8. The second kappa shape index (κ2) is 12.5. The van der Waals surface area contributed by atoms with Gasteiger partial charge < -0.3 is 20.3 Å². The Hall–Kier alpha value is -4.22. The molecule has 5 rings (SSSR count). The molecule has 0 atom stereocenters. The maximum atomic E-state index is 13.3. The molecular weight excluding hydrogens is 499 g/mol. The van der Waals surface area contributed by atoms with Gasteiger partial charge in [0.2, 0.25) is 11.7 Å².